The summed E-state index contributed by atoms with van der Waals surface area (Å²) in [7, 11) is 0.0713. The van der Waals surface area contributed by atoms with Crippen molar-refractivity contribution in [2.45, 2.75) is 18.7 Å². The maximum atomic E-state index is 12.9. The summed E-state index contributed by atoms with van der Waals surface area (Å²) in [5, 5.41) is 1.54. The molecule has 0 fully saturated rings. The zero-order valence-corrected chi connectivity index (χ0v) is 15.4. The predicted octanol–water partition coefficient (Wildman–Crippen LogP) is 3.11. The van der Waals surface area contributed by atoms with Crippen LogP contribution < -0.4 is 9.62 Å². The molecule has 3 aromatic rings. The highest BCUT2D eigenvalue weighted by molar-refractivity contribution is 7.93. The van der Waals surface area contributed by atoms with Crippen LogP contribution in [0.2, 0.25) is 0 Å². The van der Waals surface area contributed by atoms with Crippen LogP contribution >= 0.6 is 0 Å². The van der Waals surface area contributed by atoms with Gasteiger partial charge in [0.15, 0.2) is 5.82 Å². The molecule has 0 aliphatic heterocycles. The summed E-state index contributed by atoms with van der Waals surface area (Å²) < 4.78 is 28.4. The third-order valence-corrected chi connectivity index (χ3v) is 5.33. The van der Waals surface area contributed by atoms with Crippen LogP contribution in [0, 0.1) is 13.8 Å². The molecule has 0 radical (unpaired) electrons. The van der Waals surface area contributed by atoms with Gasteiger partial charge in [-0.25, -0.2) is 13.4 Å². The van der Waals surface area contributed by atoms with Crippen molar-refractivity contribution in [3.8, 4) is 0 Å². The van der Waals surface area contributed by atoms with Crippen LogP contribution in [0.1, 0.15) is 11.4 Å². The van der Waals surface area contributed by atoms with Gasteiger partial charge < -0.3 is 4.90 Å². The minimum Gasteiger partial charge on any atom is -0.377 e. The Labute approximate surface area is 147 Å². The van der Waals surface area contributed by atoms with Crippen LogP contribution in [0.5, 0.6) is 0 Å². The number of nitrogens with zero attached hydrogens (tertiary/aromatic N) is 3. The smallest absolute Gasteiger partial charge is 0.263 e. The van der Waals surface area contributed by atoms with Crippen LogP contribution in [-0.2, 0) is 10.0 Å². The molecule has 0 aliphatic rings. The third kappa shape index (κ3) is 3.28. The topological polar surface area (TPSA) is 75.2 Å². The Bertz CT molecular complexity index is 1050. The van der Waals surface area contributed by atoms with Gasteiger partial charge in [-0.3, -0.25) is 9.71 Å². The van der Waals surface area contributed by atoms with Gasteiger partial charge in [0, 0.05) is 30.6 Å². The molecule has 7 heteroatoms. The van der Waals surface area contributed by atoms with E-state index in [1.165, 1.54) is 6.20 Å². The van der Waals surface area contributed by atoms with Gasteiger partial charge in [0.1, 0.15) is 0 Å². The molecule has 1 N–H and O–H groups in total. The van der Waals surface area contributed by atoms with Crippen molar-refractivity contribution in [1.82, 2.24) is 9.97 Å². The Morgan fingerprint density at radius 2 is 1.68 bits per heavy atom. The summed E-state index contributed by atoms with van der Waals surface area (Å²) in [5.74, 6) is 0.242. The number of aromatic nitrogens is 2. The molecule has 1 heterocycles. The van der Waals surface area contributed by atoms with Gasteiger partial charge in [-0.15, -0.1) is 0 Å². The van der Waals surface area contributed by atoms with Crippen molar-refractivity contribution in [2.24, 2.45) is 0 Å². The van der Waals surface area contributed by atoms with Gasteiger partial charge in [-0.1, -0.05) is 24.3 Å². The molecule has 2 aromatic carbocycles. The molecule has 0 spiro atoms. The van der Waals surface area contributed by atoms with Crippen molar-refractivity contribution in [3.05, 3.63) is 54.0 Å². The van der Waals surface area contributed by atoms with Gasteiger partial charge in [-0.05, 0) is 26.0 Å². The van der Waals surface area contributed by atoms with Crippen molar-refractivity contribution in [3.63, 3.8) is 0 Å². The number of sulfonamides is 1. The second-order valence-electron chi connectivity index (χ2n) is 6.07. The number of anilines is 2. The van der Waals surface area contributed by atoms with Crippen LogP contribution in [-0.4, -0.2) is 32.5 Å². The highest BCUT2D eigenvalue weighted by atomic mass is 32.2. The van der Waals surface area contributed by atoms with E-state index < -0.39 is 10.0 Å². The normalized spacial score (nSPS) is 11.5. The Balaban J connectivity index is 2.13. The van der Waals surface area contributed by atoms with E-state index in [9.17, 15) is 8.42 Å². The fraction of sp³-hybridized carbons (Fsp3) is 0.222. The molecular formula is C18H20N4O2S. The summed E-state index contributed by atoms with van der Waals surface area (Å²) in [6.45, 7) is 3.54. The molecule has 3 rings (SSSR count). The fourth-order valence-electron chi connectivity index (χ4n) is 2.77. The standard InChI is InChI=1S/C18H20N4O2S/c1-12-11-19-18(13(2)20-12)21-25(23,24)17-10-6-7-14-15(17)8-5-9-16(14)22(3)4/h5-11H,1-4H3,(H,19,21). The number of nitrogens with one attached hydrogen (secondary N) is 1. The van der Waals surface area contributed by atoms with Crippen LogP contribution in [0.3, 0.4) is 0 Å². The molecule has 0 aliphatic carbocycles. The highest BCUT2D eigenvalue weighted by Crippen LogP contribution is 2.31. The number of rotatable bonds is 4. The van der Waals surface area contributed by atoms with E-state index in [1.54, 1.807) is 19.1 Å². The lowest BCUT2D eigenvalue weighted by Crippen LogP contribution is -2.16. The first-order valence-electron chi connectivity index (χ1n) is 7.82. The minimum atomic E-state index is -3.79. The zero-order valence-electron chi connectivity index (χ0n) is 14.6. The van der Waals surface area contributed by atoms with E-state index in [0.29, 0.717) is 11.1 Å². The van der Waals surface area contributed by atoms with Crippen LogP contribution in [0.25, 0.3) is 10.8 Å². The summed E-state index contributed by atoms with van der Waals surface area (Å²) in [5.41, 5.74) is 2.24. The van der Waals surface area contributed by atoms with Gasteiger partial charge in [0.05, 0.1) is 22.5 Å². The summed E-state index contributed by atoms with van der Waals surface area (Å²) in [4.78, 5) is 10.6. The first kappa shape index (κ1) is 17.2. The molecule has 6 nitrogen and oxygen atoms in total. The summed E-state index contributed by atoms with van der Waals surface area (Å²) >= 11 is 0. The molecular weight excluding hydrogens is 336 g/mol. The number of fused-ring (bicyclic) bond motifs is 1. The highest BCUT2D eigenvalue weighted by Gasteiger charge is 2.20. The lowest BCUT2D eigenvalue weighted by Gasteiger charge is -2.17. The van der Waals surface area contributed by atoms with Crippen molar-refractivity contribution < 1.29 is 8.42 Å². The molecule has 0 saturated carbocycles. The molecule has 0 unspecified atom stereocenters. The summed E-state index contributed by atoms with van der Waals surface area (Å²) in [6.07, 6.45) is 1.54. The number of hydrogen-bond donors (Lipinski definition) is 1. The van der Waals surface area contributed by atoms with Gasteiger partial charge in [0.25, 0.3) is 10.0 Å². The quantitative estimate of drug-likeness (QED) is 0.777. The first-order chi connectivity index (χ1) is 11.8. The van der Waals surface area contributed by atoms with Crippen molar-refractivity contribution >= 4 is 32.3 Å². The van der Waals surface area contributed by atoms with Crippen LogP contribution in [0.4, 0.5) is 11.5 Å². The molecule has 0 amide bonds. The Kier molecular flexibility index (Phi) is 4.34. The van der Waals surface area contributed by atoms with Gasteiger partial charge in [-0.2, -0.15) is 0 Å². The Morgan fingerprint density at radius 3 is 2.36 bits per heavy atom. The predicted molar refractivity (Wildman–Crippen MR) is 101 cm³/mol. The molecule has 1 aromatic heterocycles. The third-order valence-electron chi connectivity index (χ3n) is 3.93. The van der Waals surface area contributed by atoms with E-state index in [2.05, 4.69) is 14.7 Å². The molecule has 0 bridgehead atoms. The number of aryl methyl sites for hydroxylation is 2. The maximum Gasteiger partial charge on any atom is 0.263 e. The van der Waals surface area contributed by atoms with Gasteiger partial charge >= 0.3 is 0 Å². The van der Waals surface area contributed by atoms with E-state index in [-0.39, 0.29) is 10.7 Å². The van der Waals surface area contributed by atoms with E-state index in [4.69, 9.17) is 0 Å². The van der Waals surface area contributed by atoms with Crippen molar-refractivity contribution in [2.75, 3.05) is 23.7 Å². The number of benzene rings is 2. The lowest BCUT2D eigenvalue weighted by atomic mass is 10.1. The van der Waals surface area contributed by atoms with Gasteiger partial charge in [0.2, 0.25) is 0 Å². The Morgan fingerprint density at radius 1 is 1.00 bits per heavy atom. The van der Waals surface area contributed by atoms with E-state index in [1.807, 2.05) is 50.2 Å². The fourth-order valence-corrected chi connectivity index (χ4v) is 4.06. The van der Waals surface area contributed by atoms with Crippen molar-refractivity contribution in [1.29, 1.82) is 0 Å². The zero-order chi connectivity index (χ0) is 18.2. The molecule has 25 heavy (non-hydrogen) atoms. The minimum absolute atomic E-state index is 0.218. The number of hydrogen-bond acceptors (Lipinski definition) is 5. The monoisotopic (exact) mass is 356 g/mol. The SMILES string of the molecule is Cc1cnc(NS(=O)(=O)c2cccc3c(N(C)C)cccc23)c(C)n1. The molecule has 130 valence electrons. The maximum absolute atomic E-state index is 12.9. The van der Waals surface area contributed by atoms with Crippen LogP contribution in [0.15, 0.2) is 47.5 Å². The average Bonchev–Trinajstić information content (AvgIpc) is 2.56. The molecule has 0 saturated heterocycles. The average molecular weight is 356 g/mol. The Hall–Kier alpha value is -2.67. The lowest BCUT2D eigenvalue weighted by molar-refractivity contribution is 0.601. The first-order valence-corrected chi connectivity index (χ1v) is 9.30. The van der Waals surface area contributed by atoms with E-state index >= 15 is 0 Å². The second-order valence-corrected chi connectivity index (χ2v) is 7.72. The largest absolute Gasteiger partial charge is 0.377 e. The molecule has 0 atom stereocenters. The summed E-state index contributed by atoms with van der Waals surface area (Å²) in [6, 6.07) is 10.9. The van der Waals surface area contributed by atoms with E-state index in [0.717, 1.165) is 16.8 Å². The second kappa shape index (κ2) is 6.33.